The first-order chi connectivity index (χ1) is 8.43. The molecule has 0 aromatic heterocycles. The van der Waals surface area contributed by atoms with E-state index < -0.39 is 36.1 Å². The summed E-state index contributed by atoms with van der Waals surface area (Å²) in [6, 6.07) is 0. The Bertz CT molecular complexity index is 348. The maximum atomic E-state index is 13.4. The van der Waals surface area contributed by atoms with Crippen LogP contribution in [0.15, 0.2) is 4.99 Å². The molecule has 0 heterocycles. The predicted octanol–water partition coefficient (Wildman–Crippen LogP) is 4.05. The van der Waals surface area contributed by atoms with Crippen LogP contribution in [0.1, 0.15) is 33.6 Å². The molecule has 0 bridgehead atoms. The topological polar surface area (TPSA) is 29.4 Å². The molecule has 0 saturated heterocycles. The third kappa shape index (κ3) is 4.23. The number of halogens is 6. The summed E-state index contributed by atoms with van der Waals surface area (Å²) < 4.78 is 75.8. The van der Waals surface area contributed by atoms with Gasteiger partial charge in [0.2, 0.25) is 6.08 Å². The van der Waals surface area contributed by atoms with Crippen LogP contribution in [0.2, 0.25) is 0 Å². The molecule has 112 valence electrons. The highest BCUT2D eigenvalue weighted by atomic mass is 19.4. The van der Waals surface area contributed by atoms with Gasteiger partial charge in [-0.3, -0.25) is 0 Å². The summed E-state index contributed by atoms with van der Waals surface area (Å²) in [6.45, 7) is 4.22. The van der Waals surface area contributed by atoms with Crippen LogP contribution < -0.4 is 0 Å². The van der Waals surface area contributed by atoms with Crippen LogP contribution in [0.3, 0.4) is 0 Å². The third-order valence-corrected chi connectivity index (χ3v) is 3.16. The molecule has 19 heavy (non-hydrogen) atoms. The number of hydrogen-bond donors (Lipinski definition) is 0. The molecule has 0 radical (unpaired) electrons. The van der Waals surface area contributed by atoms with E-state index in [0.717, 1.165) is 6.08 Å². The molecule has 0 aliphatic heterocycles. The van der Waals surface area contributed by atoms with Crippen LogP contribution in [-0.4, -0.2) is 29.9 Å². The Morgan fingerprint density at radius 1 is 1.16 bits per heavy atom. The molecule has 2 atom stereocenters. The molecule has 0 amide bonds. The van der Waals surface area contributed by atoms with Gasteiger partial charge < -0.3 is 0 Å². The zero-order valence-electron chi connectivity index (χ0n) is 10.7. The molecule has 0 spiro atoms. The molecule has 0 aliphatic carbocycles. The Kier molecular flexibility index (Phi) is 5.62. The Morgan fingerprint density at radius 2 is 1.63 bits per heavy atom. The zero-order chi connectivity index (χ0) is 15.5. The number of isocyanates is 1. The Labute approximate surface area is 106 Å². The number of hydrogen-bond acceptors (Lipinski definition) is 2. The highest BCUT2D eigenvalue weighted by Crippen LogP contribution is 2.43. The van der Waals surface area contributed by atoms with Gasteiger partial charge in [-0.15, -0.1) is 0 Å². The minimum Gasteiger partial charge on any atom is -0.231 e. The molecule has 0 saturated carbocycles. The summed E-state index contributed by atoms with van der Waals surface area (Å²) >= 11 is 0. The fourth-order valence-electron chi connectivity index (χ4n) is 1.81. The van der Waals surface area contributed by atoms with Crippen LogP contribution in [0.25, 0.3) is 0 Å². The van der Waals surface area contributed by atoms with E-state index in [1.807, 2.05) is 0 Å². The number of aliphatic imine (C=N–C) groups is 1. The summed E-state index contributed by atoms with van der Waals surface area (Å²) in [5.41, 5.74) is -1.76. The zero-order valence-corrected chi connectivity index (χ0v) is 10.7. The molecule has 0 aromatic rings. The van der Waals surface area contributed by atoms with Crippen molar-refractivity contribution in [3.63, 3.8) is 0 Å². The van der Waals surface area contributed by atoms with Crippen molar-refractivity contribution in [2.75, 3.05) is 0 Å². The van der Waals surface area contributed by atoms with Crippen LogP contribution in [0, 0.1) is 5.92 Å². The van der Waals surface area contributed by atoms with E-state index in [1.54, 1.807) is 0 Å². The maximum Gasteiger partial charge on any atom is 0.425 e. The van der Waals surface area contributed by atoms with Gasteiger partial charge in [-0.25, -0.2) is 18.0 Å². The molecule has 0 aromatic carbocycles. The van der Waals surface area contributed by atoms with Gasteiger partial charge in [0, 0.05) is 6.42 Å². The lowest BCUT2D eigenvalue weighted by molar-refractivity contribution is -0.249. The minimum atomic E-state index is -5.66. The lowest BCUT2D eigenvalue weighted by Gasteiger charge is -2.35. The Balaban J connectivity index is 5.41. The maximum absolute atomic E-state index is 13.4. The smallest absolute Gasteiger partial charge is 0.231 e. The quantitative estimate of drug-likeness (QED) is 0.412. The Morgan fingerprint density at radius 3 is 1.89 bits per heavy atom. The molecule has 2 unspecified atom stereocenters. The fraction of sp³-hybridized carbons (Fsp3) is 0.909. The van der Waals surface area contributed by atoms with Gasteiger partial charge in [-0.2, -0.15) is 18.2 Å². The third-order valence-electron chi connectivity index (χ3n) is 3.16. The highest BCUT2D eigenvalue weighted by Gasteiger charge is 2.59. The average molecular weight is 291 g/mol. The number of nitrogens with zero attached hydrogens (tertiary/aromatic N) is 1. The molecule has 2 nitrogen and oxygen atoms in total. The first kappa shape index (κ1) is 18.0. The van der Waals surface area contributed by atoms with Crippen molar-refractivity contribution in [2.45, 2.75) is 57.4 Å². The van der Waals surface area contributed by atoms with E-state index in [0.29, 0.717) is 0 Å². The molecule has 0 rings (SSSR count). The summed E-state index contributed by atoms with van der Waals surface area (Å²) in [7, 11) is 0. The first-order valence-corrected chi connectivity index (χ1v) is 5.60. The van der Waals surface area contributed by atoms with Crippen LogP contribution in [0.4, 0.5) is 26.3 Å². The van der Waals surface area contributed by atoms with E-state index in [1.165, 1.54) is 20.8 Å². The second kappa shape index (κ2) is 5.94. The van der Waals surface area contributed by atoms with E-state index in [-0.39, 0.29) is 6.42 Å². The van der Waals surface area contributed by atoms with E-state index in [9.17, 15) is 31.1 Å². The first-order valence-electron chi connectivity index (χ1n) is 5.60. The van der Waals surface area contributed by atoms with Gasteiger partial charge >= 0.3 is 6.18 Å². The number of rotatable bonds is 6. The average Bonchev–Trinajstić information content (AvgIpc) is 2.25. The number of carbonyl (C=O) groups excluding carboxylic acids is 1. The normalized spacial score (nSPS) is 17.8. The lowest BCUT2D eigenvalue weighted by atomic mass is 9.78. The van der Waals surface area contributed by atoms with Crippen molar-refractivity contribution in [1.82, 2.24) is 0 Å². The van der Waals surface area contributed by atoms with Crippen molar-refractivity contribution >= 4 is 6.08 Å². The summed E-state index contributed by atoms with van der Waals surface area (Å²) in [5.74, 6) is -5.32. The summed E-state index contributed by atoms with van der Waals surface area (Å²) in [5, 5.41) is 0. The molecule has 0 N–H and O–H groups in total. The van der Waals surface area contributed by atoms with Crippen LogP contribution >= 0.6 is 0 Å². The minimum absolute atomic E-state index is 0.125. The predicted molar refractivity (Wildman–Crippen MR) is 56.5 cm³/mol. The molecule has 0 fully saturated rings. The SMILES string of the molecule is CCC(CC(F)(F)C(F)C(F)(F)F)(N=C=O)C(C)C. The molecular formula is C11H15F6NO. The van der Waals surface area contributed by atoms with Crippen molar-refractivity contribution in [2.24, 2.45) is 10.9 Å². The van der Waals surface area contributed by atoms with Crippen molar-refractivity contribution in [3.05, 3.63) is 0 Å². The molecule has 8 heteroatoms. The second-order valence-electron chi connectivity index (χ2n) is 4.66. The van der Waals surface area contributed by atoms with E-state index in [2.05, 4.69) is 4.99 Å². The van der Waals surface area contributed by atoms with Crippen molar-refractivity contribution in [3.8, 4) is 0 Å². The van der Waals surface area contributed by atoms with Gasteiger partial charge in [-0.1, -0.05) is 20.8 Å². The fourth-order valence-corrected chi connectivity index (χ4v) is 1.81. The van der Waals surface area contributed by atoms with Crippen molar-refractivity contribution < 1.29 is 31.1 Å². The van der Waals surface area contributed by atoms with Crippen LogP contribution in [-0.2, 0) is 4.79 Å². The van der Waals surface area contributed by atoms with Crippen LogP contribution in [0.5, 0.6) is 0 Å². The van der Waals surface area contributed by atoms with Gasteiger partial charge in [0.1, 0.15) is 0 Å². The summed E-state index contributed by atoms with van der Waals surface area (Å²) in [4.78, 5) is 13.5. The van der Waals surface area contributed by atoms with Gasteiger partial charge in [-0.05, 0) is 12.3 Å². The lowest BCUT2D eigenvalue weighted by Crippen LogP contribution is -2.48. The Hall–Kier alpha value is -1.04. The number of alkyl halides is 6. The van der Waals surface area contributed by atoms with Gasteiger partial charge in [0.25, 0.3) is 12.1 Å². The monoisotopic (exact) mass is 291 g/mol. The van der Waals surface area contributed by atoms with Gasteiger partial charge in [0.15, 0.2) is 0 Å². The second-order valence-corrected chi connectivity index (χ2v) is 4.66. The largest absolute Gasteiger partial charge is 0.425 e. The van der Waals surface area contributed by atoms with Gasteiger partial charge in [0.05, 0.1) is 5.54 Å². The van der Waals surface area contributed by atoms with E-state index >= 15 is 0 Å². The molecular weight excluding hydrogens is 276 g/mol. The highest BCUT2D eigenvalue weighted by molar-refractivity contribution is 5.35. The standard InChI is InChI=1S/C11H15F6NO/c1-4-9(7(2)3,18-6-19)5-10(13,14)8(12)11(15,16)17/h7-8H,4-5H2,1-3H3. The molecule has 0 aliphatic rings. The summed E-state index contributed by atoms with van der Waals surface area (Å²) in [6.07, 6.45) is -10.5. The van der Waals surface area contributed by atoms with E-state index in [4.69, 9.17) is 0 Å². The van der Waals surface area contributed by atoms with Crippen molar-refractivity contribution in [1.29, 1.82) is 0 Å².